The number of aliphatic imine (C=N–C) groups is 1. The monoisotopic (exact) mass is 325 g/mol. The van der Waals surface area contributed by atoms with Crippen LogP contribution in [0.25, 0.3) is 5.70 Å². The molecule has 0 saturated heterocycles. The number of nitrogens with one attached hydrogen (secondary N) is 1. The highest BCUT2D eigenvalue weighted by Gasteiger charge is 2.11. The van der Waals surface area contributed by atoms with Crippen LogP contribution in [0.15, 0.2) is 47.4 Å². The van der Waals surface area contributed by atoms with Gasteiger partial charge in [0.25, 0.3) is 0 Å². The van der Waals surface area contributed by atoms with Crippen molar-refractivity contribution >= 4 is 11.9 Å². The van der Waals surface area contributed by atoms with E-state index >= 15 is 0 Å². The van der Waals surface area contributed by atoms with Crippen molar-refractivity contribution in [3.8, 4) is 6.07 Å². The first kappa shape index (κ1) is 17.6. The van der Waals surface area contributed by atoms with Gasteiger partial charge in [-0.2, -0.15) is 5.26 Å². The zero-order valence-electron chi connectivity index (χ0n) is 14.1. The average molecular weight is 325 g/mol. The Balaban J connectivity index is 1.93. The van der Waals surface area contributed by atoms with Crippen LogP contribution in [0.2, 0.25) is 0 Å². The Morgan fingerprint density at radius 2 is 2.21 bits per heavy atom. The molecule has 1 unspecified atom stereocenters. The topological polar surface area (TPSA) is 86.7 Å². The van der Waals surface area contributed by atoms with Crippen LogP contribution in [0.3, 0.4) is 0 Å². The van der Waals surface area contributed by atoms with E-state index in [0.717, 1.165) is 24.5 Å². The van der Waals surface area contributed by atoms with Crippen LogP contribution in [0, 0.1) is 11.3 Å². The summed E-state index contributed by atoms with van der Waals surface area (Å²) in [7, 11) is 1.98. The van der Waals surface area contributed by atoms with Gasteiger partial charge in [0.1, 0.15) is 5.82 Å². The van der Waals surface area contributed by atoms with Crippen LogP contribution in [0.1, 0.15) is 18.1 Å². The minimum atomic E-state index is -0.0651. The number of nitrogens with two attached hydrogens (primary N) is 1. The normalized spacial score (nSPS) is 17.0. The van der Waals surface area contributed by atoms with Gasteiger partial charge >= 0.3 is 0 Å². The maximum Gasteiger partial charge on any atom is 0.143 e. The molecule has 1 atom stereocenters. The van der Waals surface area contributed by atoms with E-state index in [2.05, 4.69) is 16.4 Å². The summed E-state index contributed by atoms with van der Waals surface area (Å²) in [6, 6.07) is 9.22. The van der Waals surface area contributed by atoms with Gasteiger partial charge in [-0.1, -0.05) is 12.1 Å². The van der Waals surface area contributed by atoms with E-state index in [1.807, 2.05) is 49.5 Å². The second-order valence-corrected chi connectivity index (χ2v) is 5.40. The Kier molecular flexibility index (Phi) is 6.41. The molecular weight excluding hydrogens is 302 g/mol. The molecule has 0 bridgehead atoms. The van der Waals surface area contributed by atoms with Crippen molar-refractivity contribution in [3.05, 3.63) is 53.5 Å². The molecule has 1 aromatic carbocycles. The van der Waals surface area contributed by atoms with Crippen molar-refractivity contribution in [2.24, 2.45) is 10.7 Å². The Hall–Kier alpha value is -2.78. The molecule has 1 heterocycles. The van der Waals surface area contributed by atoms with E-state index in [1.165, 1.54) is 0 Å². The van der Waals surface area contributed by atoms with E-state index in [4.69, 9.17) is 15.7 Å². The summed E-state index contributed by atoms with van der Waals surface area (Å²) in [6.45, 7) is 4.16. The van der Waals surface area contributed by atoms with Crippen molar-refractivity contribution < 1.29 is 4.74 Å². The van der Waals surface area contributed by atoms with Gasteiger partial charge in [-0.25, -0.2) is 4.99 Å². The highest BCUT2D eigenvalue weighted by atomic mass is 16.5. The summed E-state index contributed by atoms with van der Waals surface area (Å²) in [5.41, 5.74) is 8.26. The lowest BCUT2D eigenvalue weighted by Crippen LogP contribution is -2.32. The largest absolute Gasteiger partial charge is 0.398 e. The van der Waals surface area contributed by atoms with Crippen LogP contribution in [0.5, 0.6) is 0 Å². The van der Waals surface area contributed by atoms with E-state index in [1.54, 1.807) is 12.1 Å². The summed E-state index contributed by atoms with van der Waals surface area (Å²) in [5.74, 6) is 0.858. The van der Waals surface area contributed by atoms with Crippen LogP contribution in [0.4, 0.5) is 0 Å². The van der Waals surface area contributed by atoms with Gasteiger partial charge in [0, 0.05) is 38.3 Å². The lowest BCUT2D eigenvalue weighted by Gasteiger charge is -2.23. The second-order valence-electron chi connectivity index (χ2n) is 5.40. The Labute approximate surface area is 142 Å². The maximum absolute atomic E-state index is 8.82. The summed E-state index contributed by atoms with van der Waals surface area (Å²) < 4.78 is 5.35. The van der Waals surface area contributed by atoms with Gasteiger partial charge in [0.2, 0.25) is 0 Å². The van der Waals surface area contributed by atoms with Crippen LogP contribution >= 0.6 is 0 Å². The molecule has 0 saturated carbocycles. The molecule has 0 radical (unpaired) electrons. The molecule has 6 nitrogen and oxygen atoms in total. The van der Waals surface area contributed by atoms with E-state index in [-0.39, 0.29) is 6.04 Å². The van der Waals surface area contributed by atoms with Crippen LogP contribution in [-0.2, 0) is 4.74 Å². The Morgan fingerprint density at radius 1 is 1.46 bits per heavy atom. The van der Waals surface area contributed by atoms with Crippen LogP contribution < -0.4 is 11.1 Å². The molecule has 24 heavy (non-hydrogen) atoms. The maximum atomic E-state index is 8.82. The fourth-order valence-electron chi connectivity index (χ4n) is 2.19. The highest BCUT2D eigenvalue weighted by molar-refractivity contribution is 5.75. The Morgan fingerprint density at radius 3 is 2.79 bits per heavy atom. The highest BCUT2D eigenvalue weighted by Crippen LogP contribution is 2.12. The molecule has 0 fully saturated rings. The van der Waals surface area contributed by atoms with Crippen molar-refractivity contribution in [1.29, 1.82) is 5.26 Å². The molecule has 0 aliphatic carbocycles. The molecular formula is C18H23N5O. The fraction of sp³-hybridized carbons (Fsp3) is 0.333. The molecule has 3 N–H and O–H groups in total. The van der Waals surface area contributed by atoms with E-state index < -0.39 is 0 Å². The van der Waals surface area contributed by atoms with E-state index in [9.17, 15) is 0 Å². The molecule has 126 valence electrons. The molecule has 0 spiro atoms. The zero-order valence-corrected chi connectivity index (χ0v) is 14.1. The molecule has 1 aliphatic rings. The molecule has 6 heteroatoms. The van der Waals surface area contributed by atoms with E-state index in [0.29, 0.717) is 17.9 Å². The number of ether oxygens (including phenoxy) is 1. The van der Waals surface area contributed by atoms with Gasteiger partial charge in [0.05, 0.1) is 24.3 Å². The van der Waals surface area contributed by atoms with Gasteiger partial charge in [-0.3, -0.25) is 0 Å². The number of rotatable bonds is 7. The first-order valence-electron chi connectivity index (χ1n) is 7.91. The average Bonchev–Trinajstić information content (AvgIpc) is 2.62. The third kappa shape index (κ3) is 4.86. The second kappa shape index (κ2) is 8.75. The van der Waals surface area contributed by atoms with Crippen molar-refractivity contribution in [2.45, 2.75) is 13.0 Å². The number of hydrogen-bond donors (Lipinski definition) is 2. The van der Waals surface area contributed by atoms with Crippen molar-refractivity contribution in [3.63, 3.8) is 0 Å². The van der Waals surface area contributed by atoms with Gasteiger partial charge < -0.3 is 20.7 Å². The number of likely N-dealkylation sites (N-methyl/N-ethyl adjacent to an activating group) is 1. The van der Waals surface area contributed by atoms with Gasteiger partial charge in [-0.05, 0) is 30.7 Å². The quantitative estimate of drug-likeness (QED) is 0.745. The van der Waals surface area contributed by atoms with Crippen molar-refractivity contribution in [1.82, 2.24) is 10.2 Å². The third-order valence-electron chi connectivity index (χ3n) is 3.64. The number of benzene rings is 1. The minimum absolute atomic E-state index is 0.0651. The number of nitriles is 1. The summed E-state index contributed by atoms with van der Waals surface area (Å²) >= 11 is 0. The number of hydrogen-bond acceptors (Lipinski definition) is 6. The molecule has 1 aromatic rings. The zero-order chi connectivity index (χ0) is 17.4. The van der Waals surface area contributed by atoms with Crippen LogP contribution in [-0.4, -0.2) is 44.0 Å². The molecule has 2 rings (SSSR count). The standard InChI is InChI=1S/C18H23N5O/c1-3-24-9-8-23(2)18-13-21-16(12-22-18)10-17(20)15-6-4-14(11-19)5-7-15/h4-7,10,12-13,16,21H,3,8-9,20H2,1-2H3/b17-10-. The predicted molar refractivity (Wildman–Crippen MR) is 95.9 cm³/mol. The summed E-state index contributed by atoms with van der Waals surface area (Å²) in [6.07, 6.45) is 5.60. The molecule has 1 aliphatic heterocycles. The SMILES string of the molecule is CCOCCN(C)C1=CNC(/C=C(\N)c2ccc(C#N)cc2)C=N1. The Bertz CT molecular complexity index is 670. The third-order valence-corrected chi connectivity index (χ3v) is 3.64. The fourth-order valence-corrected chi connectivity index (χ4v) is 2.19. The van der Waals surface area contributed by atoms with Gasteiger partial charge in [-0.15, -0.1) is 0 Å². The summed E-state index contributed by atoms with van der Waals surface area (Å²) in [5, 5.41) is 12.1. The summed E-state index contributed by atoms with van der Waals surface area (Å²) in [4.78, 5) is 6.50. The first-order chi connectivity index (χ1) is 11.6. The predicted octanol–water partition coefficient (Wildman–Crippen LogP) is 1.67. The molecule has 0 aromatic heterocycles. The first-order valence-corrected chi connectivity index (χ1v) is 7.91. The minimum Gasteiger partial charge on any atom is -0.398 e. The number of nitrogens with zero attached hydrogens (tertiary/aromatic N) is 3. The molecule has 0 amide bonds. The lowest BCUT2D eigenvalue weighted by atomic mass is 10.1. The smallest absolute Gasteiger partial charge is 0.143 e. The van der Waals surface area contributed by atoms with Gasteiger partial charge in [0.15, 0.2) is 0 Å². The lowest BCUT2D eigenvalue weighted by molar-refractivity contribution is 0.130. The van der Waals surface area contributed by atoms with Crippen molar-refractivity contribution in [2.75, 3.05) is 26.8 Å².